The molecule has 1 unspecified atom stereocenters. The SMILES string of the molecule is CCCNCc1nc(C2CCCc3ccccc32)no1. The van der Waals surface area contributed by atoms with E-state index in [9.17, 15) is 0 Å². The van der Waals surface area contributed by atoms with Crippen LogP contribution in [0.25, 0.3) is 0 Å². The lowest BCUT2D eigenvalue weighted by Gasteiger charge is -2.22. The Morgan fingerprint density at radius 3 is 3.15 bits per heavy atom. The first-order chi connectivity index (χ1) is 9.88. The Hall–Kier alpha value is -1.68. The Labute approximate surface area is 119 Å². The second kappa shape index (κ2) is 6.18. The summed E-state index contributed by atoms with van der Waals surface area (Å²) in [7, 11) is 0. The number of rotatable bonds is 5. The summed E-state index contributed by atoms with van der Waals surface area (Å²) < 4.78 is 5.36. The number of benzene rings is 1. The fraction of sp³-hybridized carbons (Fsp3) is 0.500. The first-order valence-electron chi connectivity index (χ1n) is 7.49. The molecule has 0 amide bonds. The Kier molecular flexibility index (Phi) is 4.11. The minimum absolute atomic E-state index is 0.295. The first kappa shape index (κ1) is 13.3. The van der Waals surface area contributed by atoms with E-state index >= 15 is 0 Å². The zero-order valence-electron chi connectivity index (χ0n) is 11.9. The topological polar surface area (TPSA) is 51.0 Å². The zero-order valence-corrected chi connectivity index (χ0v) is 11.9. The molecule has 4 nitrogen and oxygen atoms in total. The number of hydrogen-bond donors (Lipinski definition) is 1. The van der Waals surface area contributed by atoms with E-state index in [1.165, 1.54) is 17.5 Å². The molecule has 1 aromatic heterocycles. The molecule has 1 aliphatic carbocycles. The minimum atomic E-state index is 0.295. The molecule has 0 fully saturated rings. The zero-order chi connectivity index (χ0) is 13.8. The summed E-state index contributed by atoms with van der Waals surface area (Å²) in [5.74, 6) is 1.82. The summed E-state index contributed by atoms with van der Waals surface area (Å²) in [5, 5.41) is 7.48. The quantitative estimate of drug-likeness (QED) is 0.849. The van der Waals surface area contributed by atoms with Gasteiger partial charge in [0.15, 0.2) is 5.82 Å². The van der Waals surface area contributed by atoms with Crippen molar-refractivity contribution in [2.75, 3.05) is 6.54 Å². The lowest BCUT2D eigenvalue weighted by molar-refractivity contribution is 0.360. The van der Waals surface area contributed by atoms with Crippen molar-refractivity contribution in [2.45, 2.75) is 45.1 Å². The second-order valence-electron chi connectivity index (χ2n) is 5.37. The highest BCUT2D eigenvalue weighted by molar-refractivity contribution is 5.36. The van der Waals surface area contributed by atoms with Crippen molar-refractivity contribution in [3.8, 4) is 0 Å². The molecule has 4 heteroatoms. The van der Waals surface area contributed by atoms with Crippen LogP contribution in [-0.4, -0.2) is 16.7 Å². The van der Waals surface area contributed by atoms with E-state index in [0.29, 0.717) is 18.4 Å². The fourth-order valence-electron chi connectivity index (χ4n) is 2.88. The number of aryl methyl sites for hydroxylation is 1. The van der Waals surface area contributed by atoms with Gasteiger partial charge in [-0.25, -0.2) is 0 Å². The normalized spacial score (nSPS) is 17.9. The van der Waals surface area contributed by atoms with Gasteiger partial charge in [-0.15, -0.1) is 0 Å². The van der Waals surface area contributed by atoms with Crippen molar-refractivity contribution < 1.29 is 4.52 Å². The second-order valence-corrected chi connectivity index (χ2v) is 5.37. The molecule has 1 aliphatic rings. The van der Waals surface area contributed by atoms with Crippen LogP contribution < -0.4 is 5.32 Å². The Balaban J connectivity index is 1.77. The van der Waals surface area contributed by atoms with Crippen LogP contribution in [0.5, 0.6) is 0 Å². The van der Waals surface area contributed by atoms with Crippen molar-refractivity contribution >= 4 is 0 Å². The number of nitrogens with zero attached hydrogens (tertiary/aromatic N) is 2. The van der Waals surface area contributed by atoms with Gasteiger partial charge in [0.05, 0.1) is 6.54 Å². The maximum atomic E-state index is 5.36. The molecule has 20 heavy (non-hydrogen) atoms. The van der Waals surface area contributed by atoms with Crippen LogP contribution in [0.2, 0.25) is 0 Å². The van der Waals surface area contributed by atoms with Gasteiger partial charge in [0.2, 0.25) is 5.89 Å². The molecule has 0 radical (unpaired) electrons. The van der Waals surface area contributed by atoms with Crippen molar-refractivity contribution in [3.05, 3.63) is 47.1 Å². The highest BCUT2D eigenvalue weighted by Gasteiger charge is 2.25. The molecular formula is C16H21N3O. The third-order valence-corrected chi connectivity index (χ3v) is 3.87. The monoisotopic (exact) mass is 271 g/mol. The molecule has 1 N–H and O–H groups in total. The summed E-state index contributed by atoms with van der Waals surface area (Å²) in [6.07, 6.45) is 4.57. The summed E-state index contributed by atoms with van der Waals surface area (Å²) in [4.78, 5) is 4.56. The number of fused-ring (bicyclic) bond motifs is 1. The predicted molar refractivity (Wildman–Crippen MR) is 77.5 cm³/mol. The van der Waals surface area contributed by atoms with E-state index in [0.717, 1.165) is 31.6 Å². The summed E-state index contributed by atoms with van der Waals surface area (Å²) in [6, 6.07) is 8.62. The number of nitrogens with one attached hydrogen (secondary N) is 1. The van der Waals surface area contributed by atoms with Gasteiger partial charge in [0.25, 0.3) is 0 Å². The van der Waals surface area contributed by atoms with Gasteiger partial charge in [-0.1, -0.05) is 36.3 Å². The van der Waals surface area contributed by atoms with Crippen molar-refractivity contribution in [3.63, 3.8) is 0 Å². The maximum Gasteiger partial charge on any atom is 0.240 e. The van der Waals surface area contributed by atoms with Crippen LogP contribution in [0.3, 0.4) is 0 Å². The average Bonchev–Trinajstić information content (AvgIpc) is 2.96. The van der Waals surface area contributed by atoms with E-state index in [1.54, 1.807) is 0 Å². The molecule has 1 atom stereocenters. The summed E-state index contributed by atoms with van der Waals surface area (Å²) in [5.41, 5.74) is 2.80. The standard InChI is InChI=1S/C16H21N3O/c1-2-10-17-11-15-18-16(19-20-15)14-9-5-7-12-6-3-4-8-13(12)14/h3-4,6,8,14,17H,2,5,7,9-11H2,1H3. The van der Waals surface area contributed by atoms with Gasteiger partial charge in [-0.3, -0.25) is 0 Å². The minimum Gasteiger partial charge on any atom is -0.338 e. The van der Waals surface area contributed by atoms with Gasteiger partial charge in [0, 0.05) is 5.92 Å². The van der Waals surface area contributed by atoms with Crippen molar-refractivity contribution in [1.29, 1.82) is 0 Å². The smallest absolute Gasteiger partial charge is 0.240 e. The Morgan fingerprint density at radius 1 is 1.35 bits per heavy atom. The highest BCUT2D eigenvalue weighted by Crippen LogP contribution is 2.34. The van der Waals surface area contributed by atoms with Crippen LogP contribution in [0.4, 0.5) is 0 Å². The number of hydrogen-bond acceptors (Lipinski definition) is 4. The van der Waals surface area contributed by atoms with E-state index in [2.05, 4.69) is 46.6 Å². The largest absolute Gasteiger partial charge is 0.338 e. The molecule has 0 spiro atoms. The molecular weight excluding hydrogens is 250 g/mol. The molecule has 0 saturated heterocycles. The Bertz CT molecular complexity index is 564. The van der Waals surface area contributed by atoms with E-state index in [4.69, 9.17) is 4.52 Å². The maximum absolute atomic E-state index is 5.36. The molecule has 0 bridgehead atoms. The molecule has 3 rings (SSSR count). The van der Waals surface area contributed by atoms with Crippen LogP contribution in [-0.2, 0) is 13.0 Å². The lowest BCUT2D eigenvalue weighted by Crippen LogP contribution is -2.15. The van der Waals surface area contributed by atoms with Crippen LogP contribution in [0.15, 0.2) is 28.8 Å². The van der Waals surface area contributed by atoms with Gasteiger partial charge in [0.1, 0.15) is 0 Å². The molecule has 0 saturated carbocycles. The summed E-state index contributed by atoms with van der Waals surface area (Å²) >= 11 is 0. The molecule has 106 valence electrons. The van der Waals surface area contributed by atoms with Crippen molar-refractivity contribution in [1.82, 2.24) is 15.5 Å². The predicted octanol–water partition coefficient (Wildman–Crippen LogP) is 3.04. The summed E-state index contributed by atoms with van der Waals surface area (Å²) in [6.45, 7) is 3.78. The first-order valence-corrected chi connectivity index (χ1v) is 7.49. The van der Waals surface area contributed by atoms with Crippen LogP contribution in [0, 0.1) is 0 Å². The number of aromatic nitrogens is 2. The van der Waals surface area contributed by atoms with Crippen molar-refractivity contribution in [2.24, 2.45) is 0 Å². The Morgan fingerprint density at radius 2 is 2.25 bits per heavy atom. The lowest BCUT2D eigenvalue weighted by atomic mass is 9.82. The molecule has 1 aromatic carbocycles. The third kappa shape index (κ3) is 2.75. The van der Waals surface area contributed by atoms with Gasteiger partial charge in [-0.2, -0.15) is 4.98 Å². The van der Waals surface area contributed by atoms with E-state index in [1.807, 2.05) is 0 Å². The molecule has 0 aliphatic heterocycles. The van der Waals surface area contributed by atoms with Crippen LogP contribution >= 0.6 is 0 Å². The molecule has 2 aromatic rings. The van der Waals surface area contributed by atoms with Gasteiger partial charge in [-0.05, 0) is 43.4 Å². The fourth-order valence-corrected chi connectivity index (χ4v) is 2.88. The van der Waals surface area contributed by atoms with Gasteiger partial charge < -0.3 is 9.84 Å². The van der Waals surface area contributed by atoms with Gasteiger partial charge >= 0.3 is 0 Å². The third-order valence-electron chi connectivity index (χ3n) is 3.87. The van der Waals surface area contributed by atoms with E-state index in [-0.39, 0.29) is 0 Å². The van der Waals surface area contributed by atoms with Crippen LogP contribution in [0.1, 0.15) is 54.9 Å². The average molecular weight is 271 g/mol. The van der Waals surface area contributed by atoms with E-state index < -0.39 is 0 Å². The highest BCUT2D eigenvalue weighted by atomic mass is 16.5. The molecule has 1 heterocycles.